The predicted octanol–water partition coefficient (Wildman–Crippen LogP) is 3.28. The van der Waals surface area contributed by atoms with Crippen molar-refractivity contribution in [3.05, 3.63) is 33.8 Å². The van der Waals surface area contributed by atoms with Crippen molar-refractivity contribution in [3.8, 4) is 6.07 Å². The second kappa shape index (κ2) is 5.88. The van der Waals surface area contributed by atoms with Crippen LogP contribution >= 0.6 is 27.5 Å². The van der Waals surface area contributed by atoms with Gasteiger partial charge in [0, 0.05) is 5.33 Å². The molecule has 0 unspecified atom stereocenters. The van der Waals surface area contributed by atoms with E-state index in [1.54, 1.807) is 13.0 Å². The van der Waals surface area contributed by atoms with Crippen molar-refractivity contribution >= 4 is 33.5 Å². The molecule has 3 nitrogen and oxygen atoms in total. The number of nitrogens with zero attached hydrogens (tertiary/aromatic N) is 1. The summed E-state index contributed by atoms with van der Waals surface area (Å²) < 4.78 is 4.90. The highest BCUT2D eigenvalue weighted by molar-refractivity contribution is 9.08. The first-order chi connectivity index (χ1) is 7.65. The number of hydrogen-bond acceptors (Lipinski definition) is 3. The lowest BCUT2D eigenvalue weighted by Gasteiger charge is -2.09. The Kier molecular flexibility index (Phi) is 4.78. The Morgan fingerprint density at radius 1 is 1.62 bits per heavy atom. The summed E-state index contributed by atoms with van der Waals surface area (Å²) in [5.41, 5.74) is 1.25. The molecule has 0 spiro atoms. The van der Waals surface area contributed by atoms with Crippen LogP contribution in [-0.4, -0.2) is 12.6 Å². The summed E-state index contributed by atoms with van der Waals surface area (Å²) in [7, 11) is 0. The van der Waals surface area contributed by atoms with Crippen molar-refractivity contribution in [2.75, 3.05) is 6.61 Å². The molecule has 0 radical (unpaired) electrons. The number of carbonyl (C=O) groups is 1. The second-order valence-electron chi connectivity index (χ2n) is 2.91. The molecular formula is C11H9BrClNO2. The molecule has 0 saturated heterocycles. The normalized spacial score (nSPS) is 9.62. The topological polar surface area (TPSA) is 50.1 Å². The average Bonchev–Trinajstić information content (AvgIpc) is 2.28. The molecule has 1 aromatic rings. The third-order valence-electron chi connectivity index (χ3n) is 2.00. The highest BCUT2D eigenvalue weighted by atomic mass is 79.9. The van der Waals surface area contributed by atoms with E-state index in [0.717, 1.165) is 0 Å². The Morgan fingerprint density at radius 2 is 2.31 bits per heavy atom. The van der Waals surface area contributed by atoms with E-state index in [9.17, 15) is 4.79 Å². The summed E-state index contributed by atoms with van der Waals surface area (Å²) >= 11 is 9.17. The zero-order chi connectivity index (χ0) is 12.1. The van der Waals surface area contributed by atoms with Gasteiger partial charge in [0.15, 0.2) is 0 Å². The Balaban J connectivity index is 3.35. The summed E-state index contributed by atoms with van der Waals surface area (Å²) in [5, 5.41) is 9.59. The molecule has 0 fully saturated rings. The van der Waals surface area contributed by atoms with Crippen molar-refractivity contribution in [3.63, 3.8) is 0 Å². The van der Waals surface area contributed by atoms with Crippen LogP contribution in [0.3, 0.4) is 0 Å². The molecule has 0 bridgehead atoms. The van der Waals surface area contributed by atoms with E-state index in [1.807, 2.05) is 6.07 Å². The minimum atomic E-state index is -0.501. The Labute approximate surface area is 107 Å². The smallest absolute Gasteiger partial charge is 0.339 e. The maximum atomic E-state index is 11.7. The number of carbonyl (C=O) groups excluding carboxylic acids is 1. The van der Waals surface area contributed by atoms with Gasteiger partial charge in [0.25, 0.3) is 0 Å². The van der Waals surface area contributed by atoms with Gasteiger partial charge in [-0.25, -0.2) is 4.79 Å². The number of halogens is 2. The van der Waals surface area contributed by atoms with Crippen LogP contribution < -0.4 is 0 Å². The lowest BCUT2D eigenvalue weighted by atomic mass is 10.0. The molecule has 84 valence electrons. The Morgan fingerprint density at radius 3 is 2.81 bits per heavy atom. The van der Waals surface area contributed by atoms with Gasteiger partial charge in [-0.1, -0.05) is 27.5 Å². The summed E-state index contributed by atoms with van der Waals surface area (Å²) in [6.45, 7) is 1.99. The van der Waals surface area contributed by atoms with E-state index < -0.39 is 5.97 Å². The van der Waals surface area contributed by atoms with Crippen LogP contribution in [0.25, 0.3) is 0 Å². The Hall–Kier alpha value is -1.05. The Bertz CT molecular complexity index is 454. The van der Waals surface area contributed by atoms with Crippen molar-refractivity contribution in [1.82, 2.24) is 0 Å². The standard InChI is InChI=1S/C11H9BrClNO2/c1-2-16-11(15)10-8(5-12)7(6-14)3-4-9(10)13/h3-4H,2,5H2,1H3. The van der Waals surface area contributed by atoms with Gasteiger partial charge in [0.1, 0.15) is 0 Å². The van der Waals surface area contributed by atoms with Gasteiger partial charge in [-0.3, -0.25) is 0 Å². The van der Waals surface area contributed by atoms with Gasteiger partial charge in [0.2, 0.25) is 0 Å². The first-order valence-corrected chi connectivity index (χ1v) is 6.10. The van der Waals surface area contributed by atoms with Crippen LogP contribution in [0.1, 0.15) is 28.4 Å². The largest absolute Gasteiger partial charge is 0.462 e. The molecule has 0 heterocycles. The number of alkyl halides is 1. The number of rotatable bonds is 3. The zero-order valence-corrected chi connectivity index (χ0v) is 10.9. The molecule has 1 aromatic carbocycles. The lowest BCUT2D eigenvalue weighted by molar-refractivity contribution is 0.0525. The fourth-order valence-electron chi connectivity index (χ4n) is 1.29. The maximum absolute atomic E-state index is 11.7. The van der Waals surface area contributed by atoms with E-state index >= 15 is 0 Å². The van der Waals surface area contributed by atoms with E-state index in [0.29, 0.717) is 21.5 Å². The third kappa shape index (κ3) is 2.55. The molecule has 0 saturated carbocycles. The first kappa shape index (κ1) is 13.0. The van der Waals surface area contributed by atoms with E-state index in [2.05, 4.69) is 15.9 Å². The van der Waals surface area contributed by atoms with Gasteiger partial charge >= 0.3 is 5.97 Å². The second-order valence-corrected chi connectivity index (χ2v) is 3.88. The molecule has 0 aromatic heterocycles. The summed E-state index contributed by atoms with van der Waals surface area (Å²) in [4.78, 5) is 11.7. The summed E-state index contributed by atoms with van der Waals surface area (Å²) in [6.07, 6.45) is 0. The molecule has 0 N–H and O–H groups in total. The average molecular weight is 303 g/mol. The van der Waals surface area contributed by atoms with E-state index in [-0.39, 0.29) is 12.2 Å². The van der Waals surface area contributed by atoms with Crippen LogP contribution in [0.2, 0.25) is 5.02 Å². The summed E-state index contributed by atoms with van der Waals surface area (Å²) in [6, 6.07) is 5.13. The molecule has 0 aliphatic heterocycles. The van der Waals surface area contributed by atoms with Crippen LogP contribution in [0.5, 0.6) is 0 Å². The van der Waals surface area contributed by atoms with Crippen LogP contribution in [0.4, 0.5) is 0 Å². The molecule has 0 atom stereocenters. The van der Waals surface area contributed by atoms with E-state index in [1.165, 1.54) is 6.07 Å². The third-order valence-corrected chi connectivity index (χ3v) is 2.87. The molecule has 0 aliphatic rings. The maximum Gasteiger partial charge on any atom is 0.339 e. The molecule has 0 amide bonds. The first-order valence-electron chi connectivity index (χ1n) is 4.60. The molecule has 1 rings (SSSR count). The van der Waals surface area contributed by atoms with E-state index in [4.69, 9.17) is 21.6 Å². The van der Waals surface area contributed by atoms with Crippen LogP contribution in [0, 0.1) is 11.3 Å². The number of ether oxygens (including phenoxy) is 1. The minimum absolute atomic E-state index is 0.263. The van der Waals surface area contributed by atoms with Gasteiger partial charge in [0.05, 0.1) is 28.8 Å². The molecule has 16 heavy (non-hydrogen) atoms. The molecule has 5 heteroatoms. The van der Waals surface area contributed by atoms with Gasteiger partial charge in [-0.2, -0.15) is 5.26 Å². The number of esters is 1. The number of benzene rings is 1. The number of nitriles is 1. The van der Waals surface area contributed by atoms with Gasteiger partial charge < -0.3 is 4.74 Å². The highest BCUT2D eigenvalue weighted by Crippen LogP contribution is 2.26. The zero-order valence-electron chi connectivity index (χ0n) is 8.59. The molecular weight excluding hydrogens is 293 g/mol. The molecule has 0 aliphatic carbocycles. The highest BCUT2D eigenvalue weighted by Gasteiger charge is 2.19. The van der Waals surface area contributed by atoms with Gasteiger partial charge in [-0.15, -0.1) is 0 Å². The quantitative estimate of drug-likeness (QED) is 0.636. The van der Waals surface area contributed by atoms with Crippen molar-refractivity contribution < 1.29 is 9.53 Å². The minimum Gasteiger partial charge on any atom is -0.462 e. The SMILES string of the molecule is CCOC(=O)c1c(Cl)ccc(C#N)c1CBr. The van der Waals surface area contributed by atoms with Crippen molar-refractivity contribution in [2.24, 2.45) is 0 Å². The fraction of sp³-hybridized carbons (Fsp3) is 0.273. The van der Waals surface area contributed by atoms with Gasteiger partial charge in [-0.05, 0) is 24.6 Å². The van der Waals surface area contributed by atoms with Crippen LogP contribution in [0.15, 0.2) is 12.1 Å². The monoisotopic (exact) mass is 301 g/mol. The van der Waals surface area contributed by atoms with Crippen LogP contribution in [-0.2, 0) is 10.1 Å². The summed E-state index contributed by atoms with van der Waals surface area (Å²) in [5.74, 6) is -0.501. The van der Waals surface area contributed by atoms with Crippen molar-refractivity contribution in [1.29, 1.82) is 5.26 Å². The fourth-order valence-corrected chi connectivity index (χ4v) is 2.12. The van der Waals surface area contributed by atoms with Crippen molar-refractivity contribution in [2.45, 2.75) is 12.3 Å². The number of hydrogen-bond donors (Lipinski definition) is 0. The predicted molar refractivity (Wildman–Crippen MR) is 64.8 cm³/mol. The lowest BCUT2D eigenvalue weighted by Crippen LogP contribution is -2.09.